The lowest BCUT2D eigenvalue weighted by Crippen LogP contribution is -2.46. The van der Waals surface area contributed by atoms with Gasteiger partial charge in [0.15, 0.2) is 0 Å². The molecule has 0 aromatic heterocycles. The van der Waals surface area contributed by atoms with Crippen LogP contribution in [0.4, 0.5) is 0 Å². The minimum Gasteiger partial charge on any atom is -0.394 e. The van der Waals surface area contributed by atoms with Crippen molar-refractivity contribution in [3.63, 3.8) is 0 Å². The van der Waals surface area contributed by atoms with Gasteiger partial charge >= 0.3 is 0 Å². The molecule has 0 bridgehead atoms. The molecule has 4 nitrogen and oxygen atoms in total. The highest BCUT2D eigenvalue weighted by molar-refractivity contribution is 5.17. The first-order valence-electron chi connectivity index (χ1n) is 6.14. The molecule has 1 heterocycles. The van der Waals surface area contributed by atoms with Crippen LogP contribution in [0.15, 0.2) is 42.5 Å². The van der Waals surface area contributed by atoms with Gasteiger partial charge in [-0.3, -0.25) is 4.90 Å². The topological polar surface area (TPSA) is 63.9 Å². The molecule has 18 heavy (non-hydrogen) atoms. The summed E-state index contributed by atoms with van der Waals surface area (Å²) in [6.07, 6.45) is 1.79. The van der Waals surface area contributed by atoms with Crippen molar-refractivity contribution >= 4 is 0 Å². The molecule has 0 unspecified atom stereocenters. The summed E-state index contributed by atoms with van der Waals surface area (Å²) in [6, 6.07) is 9.74. The first-order chi connectivity index (χ1) is 8.72. The van der Waals surface area contributed by atoms with Gasteiger partial charge in [0, 0.05) is 13.1 Å². The fourth-order valence-corrected chi connectivity index (χ4v) is 2.23. The van der Waals surface area contributed by atoms with Crippen LogP contribution in [-0.4, -0.2) is 51.6 Å². The highest BCUT2D eigenvalue weighted by atomic mass is 16.4. The van der Waals surface area contributed by atoms with Crippen LogP contribution in [0.5, 0.6) is 0 Å². The van der Waals surface area contributed by atoms with E-state index in [2.05, 4.69) is 4.90 Å². The van der Waals surface area contributed by atoms with Gasteiger partial charge in [0.25, 0.3) is 0 Å². The predicted octanol–water partition coefficient (Wildman–Crippen LogP) is 0.141. The van der Waals surface area contributed by atoms with Gasteiger partial charge in [-0.2, -0.15) is 0 Å². The number of aliphatic hydroxyl groups is 3. The predicted molar refractivity (Wildman–Crippen MR) is 68.9 cm³/mol. The minimum atomic E-state index is -1.10. The minimum absolute atomic E-state index is 0.243. The van der Waals surface area contributed by atoms with E-state index in [0.29, 0.717) is 6.54 Å². The van der Waals surface area contributed by atoms with E-state index in [1.54, 1.807) is 0 Å². The first-order valence-corrected chi connectivity index (χ1v) is 6.14. The SMILES string of the molecule is OC[C@@H](O)[C@H](O)[C@H]1C=CCN1Cc1ccccc1. The summed E-state index contributed by atoms with van der Waals surface area (Å²) in [6.45, 7) is 1.03. The fraction of sp³-hybridized carbons (Fsp3) is 0.429. The van der Waals surface area contributed by atoms with Crippen molar-refractivity contribution < 1.29 is 15.3 Å². The molecule has 4 heteroatoms. The van der Waals surface area contributed by atoms with Gasteiger partial charge in [0.2, 0.25) is 0 Å². The largest absolute Gasteiger partial charge is 0.394 e. The molecular weight excluding hydrogens is 230 g/mol. The Kier molecular flexibility index (Phi) is 4.49. The Morgan fingerprint density at radius 2 is 1.94 bits per heavy atom. The maximum Gasteiger partial charge on any atom is 0.105 e. The van der Waals surface area contributed by atoms with E-state index in [9.17, 15) is 10.2 Å². The zero-order valence-electron chi connectivity index (χ0n) is 10.2. The molecule has 98 valence electrons. The van der Waals surface area contributed by atoms with Crippen LogP contribution in [0.2, 0.25) is 0 Å². The summed E-state index contributed by atoms with van der Waals surface area (Å²) in [5.74, 6) is 0. The van der Waals surface area contributed by atoms with E-state index in [1.807, 2.05) is 42.5 Å². The second kappa shape index (κ2) is 6.11. The molecule has 3 N–H and O–H groups in total. The van der Waals surface area contributed by atoms with Gasteiger partial charge in [-0.15, -0.1) is 0 Å². The van der Waals surface area contributed by atoms with Gasteiger partial charge < -0.3 is 15.3 Å². The molecule has 0 saturated heterocycles. The second-order valence-corrected chi connectivity index (χ2v) is 4.57. The highest BCUT2D eigenvalue weighted by Crippen LogP contribution is 2.18. The summed E-state index contributed by atoms with van der Waals surface area (Å²) in [5.41, 5.74) is 1.16. The van der Waals surface area contributed by atoms with Crippen LogP contribution in [0, 0.1) is 0 Å². The molecule has 1 aromatic carbocycles. The molecule has 0 spiro atoms. The summed E-state index contributed by atoms with van der Waals surface area (Å²) in [4.78, 5) is 2.07. The van der Waals surface area contributed by atoms with Crippen molar-refractivity contribution in [3.05, 3.63) is 48.0 Å². The molecule has 0 fully saturated rings. The molecular formula is C14H19NO3. The van der Waals surface area contributed by atoms with E-state index < -0.39 is 18.8 Å². The number of nitrogens with zero attached hydrogens (tertiary/aromatic N) is 1. The second-order valence-electron chi connectivity index (χ2n) is 4.57. The summed E-state index contributed by atoms with van der Waals surface area (Å²) in [7, 11) is 0. The number of hydrogen-bond donors (Lipinski definition) is 3. The Balaban J connectivity index is 2.01. The van der Waals surface area contributed by atoms with Gasteiger partial charge in [-0.05, 0) is 5.56 Å². The third-order valence-electron chi connectivity index (χ3n) is 3.25. The quantitative estimate of drug-likeness (QED) is 0.650. The van der Waals surface area contributed by atoms with Crippen molar-refractivity contribution in [1.82, 2.24) is 4.90 Å². The Morgan fingerprint density at radius 1 is 1.22 bits per heavy atom. The Morgan fingerprint density at radius 3 is 2.61 bits per heavy atom. The number of aliphatic hydroxyl groups excluding tert-OH is 3. The van der Waals surface area contributed by atoms with Gasteiger partial charge in [-0.25, -0.2) is 0 Å². The first kappa shape index (κ1) is 13.2. The van der Waals surface area contributed by atoms with E-state index in [4.69, 9.17) is 5.11 Å². The monoisotopic (exact) mass is 249 g/mol. The van der Waals surface area contributed by atoms with Crippen molar-refractivity contribution in [2.24, 2.45) is 0 Å². The standard InChI is InChI=1S/C14H19NO3/c16-10-13(17)14(18)12-7-4-8-15(12)9-11-5-2-1-3-6-11/h1-7,12-14,16-18H,8-10H2/t12-,13-,14-/m1/s1. The maximum absolute atomic E-state index is 9.96. The molecule has 0 amide bonds. The van der Waals surface area contributed by atoms with E-state index in [1.165, 1.54) is 0 Å². The van der Waals surface area contributed by atoms with Crippen molar-refractivity contribution in [2.45, 2.75) is 24.8 Å². The molecule has 3 atom stereocenters. The maximum atomic E-state index is 9.96. The average molecular weight is 249 g/mol. The smallest absolute Gasteiger partial charge is 0.105 e. The Bertz CT molecular complexity index is 393. The third kappa shape index (κ3) is 2.97. The summed E-state index contributed by atoms with van der Waals surface area (Å²) < 4.78 is 0. The fourth-order valence-electron chi connectivity index (χ4n) is 2.23. The number of rotatable bonds is 5. The molecule has 0 saturated carbocycles. The lowest BCUT2D eigenvalue weighted by Gasteiger charge is -2.30. The van der Waals surface area contributed by atoms with Crippen molar-refractivity contribution in [2.75, 3.05) is 13.2 Å². The third-order valence-corrected chi connectivity index (χ3v) is 3.25. The van der Waals surface area contributed by atoms with Crippen LogP contribution in [-0.2, 0) is 6.54 Å². The van der Waals surface area contributed by atoms with E-state index >= 15 is 0 Å². The molecule has 1 aliphatic heterocycles. The van der Waals surface area contributed by atoms with Crippen LogP contribution in [0.3, 0.4) is 0 Å². The van der Waals surface area contributed by atoms with Gasteiger partial charge in [-0.1, -0.05) is 42.5 Å². The summed E-state index contributed by atoms with van der Waals surface area (Å²) >= 11 is 0. The lowest BCUT2D eigenvalue weighted by atomic mass is 10.1. The average Bonchev–Trinajstić information content (AvgIpc) is 2.86. The van der Waals surface area contributed by atoms with Gasteiger partial charge in [0.1, 0.15) is 12.2 Å². The van der Waals surface area contributed by atoms with Crippen LogP contribution in [0.25, 0.3) is 0 Å². The summed E-state index contributed by atoms with van der Waals surface area (Å²) in [5, 5.41) is 28.4. The zero-order valence-corrected chi connectivity index (χ0v) is 10.2. The lowest BCUT2D eigenvalue weighted by molar-refractivity contribution is -0.0440. The number of hydrogen-bond acceptors (Lipinski definition) is 4. The van der Waals surface area contributed by atoms with E-state index in [0.717, 1.165) is 12.1 Å². The molecule has 1 aromatic rings. The Labute approximate surface area is 107 Å². The van der Waals surface area contributed by atoms with Crippen molar-refractivity contribution in [1.29, 1.82) is 0 Å². The van der Waals surface area contributed by atoms with Crippen molar-refractivity contribution in [3.8, 4) is 0 Å². The normalized spacial score (nSPS) is 23.2. The van der Waals surface area contributed by atoms with E-state index in [-0.39, 0.29) is 6.04 Å². The Hall–Kier alpha value is -1.20. The number of benzene rings is 1. The molecule has 0 radical (unpaired) electrons. The zero-order chi connectivity index (χ0) is 13.0. The van der Waals surface area contributed by atoms with Crippen LogP contribution >= 0.6 is 0 Å². The van der Waals surface area contributed by atoms with Crippen LogP contribution < -0.4 is 0 Å². The van der Waals surface area contributed by atoms with Crippen LogP contribution in [0.1, 0.15) is 5.56 Å². The molecule has 2 rings (SSSR count). The van der Waals surface area contributed by atoms with Gasteiger partial charge in [0.05, 0.1) is 12.6 Å². The highest BCUT2D eigenvalue weighted by Gasteiger charge is 2.31. The molecule has 0 aliphatic carbocycles. The molecule has 1 aliphatic rings.